The summed E-state index contributed by atoms with van der Waals surface area (Å²) >= 11 is 5.69. The van der Waals surface area contributed by atoms with E-state index < -0.39 is 11.2 Å². The van der Waals surface area contributed by atoms with E-state index in [1.165, 1.54) is 16.8 Å². The monoisotopic (exact) mass is 408 g/mol. The highest BCUT2D eigenvalue weighted by Gasteiger charge is 2.31. The maximum atomic E-state index is 12.2. The van der Waals surface area contributed by atoms with Gasteiger partial charge in [-0.05, 0) is 17.6 Å². The van der Waals surface area contributed by atoms with E-state index in [4.69, 9.17) is 17.0 Å². The number of rotatable bonds is 6. The molecule has 0 unspecified atom stereocenters. The summed E-state index contributed by atoms with van der Waals surface area (Å²) in [7, 11) is 0. The summed E-state index contributed by atoms with van der Waals surface area (Å²) in [5, 5.41) is 0. The number of allylic oxidation sites excluding steroid dienone is 1. The summed E-state index contributed by atoms with van der Waals surface area (Å²) < 4.78 is 9.27. The molecule has 1 N–H and O–H groups in total. The number of thiocarbonyl (C=S) groups is 1. The summed E-state index contributed by atoms with van der Waals surface area (Å²) in [4.78, 5) is 30.7. The van der Waals surface area contributed by atoms with Crippen molar-refractivity contribution in [2.75, 3.05) is 6.61 Å². The molecule has 0 amide bonds. The largest absolute Gasteiger partial charge is 0.372 e. The van der Waals surface area contributed by atoms with Crippen molar-refractivity contribution in [2.24, 2.45) is 5.92 Å². The SMILES string of the molecule is O=c1ccn([C@H]2C=C(COCc3ccccc3)[C@H](C(=S)n3ccnc3)C2)c(=O)[nH]1. The topological polar surface area (TPSA) is 81.9 Å². The summed E-state index contributed by atoms with van der Waals surface area (Å²) in [5.74, 6) is -0.0706. The van der Waals surface area contributed by atoms with Crippen molar-refractivity contribution in [3.8, 4) is 0 Å². The summed E-state index contributed by atoms with van der Waals surface area (Å²) in [6, 6.07) is 11.1. The summed E-state index contributed by atoms with van der Waals surface area (Å²) in [6.07, 6.45) is 9.31. The Labute approximate surface area is 172 Å². The fraction of sp³-hybridized carbons (Fsp3) is 0.238. The molecule has 29 heavy (non-hydrogen) atoms. The van der Waals surface area contributed by atoms with E-state index in [9.17, 15) is 9.59 Å². The lowest BCUT2D eigenvalue weighted by atomic mass is 10.0. The van der Waals surface area contributed by atoms with Gasteiger partial charge in [-0.25, -0.2) is 9.78 Å². The molecule has 0 fully saturated rings. The second-order valence-electron chi connectivity index (χ2n) is 6.90. The van der Waals surface area contributed by atoms with Gasteiger partial charge >= 0.3 is 5.69 Å². The number of H-pyrrole nitrogens is 1. The first kappa shape index (κ1) is 19.2. The van der Waals surface area contributed by atoms with Crippen LogP contribution >= 0.6 is 12.2 Å². The van der Waals surface area contributed by atoms with Gasteiger partial charge in [-0.3, -0.25) is 18.9 Å². The minimum atomic E-state index is -0.433. The highest BCUT2D eigenvalue weighted by molar-refractivity contribution is 7.80. The Morgan fingerprint density at radius 3 is 2.72 bits per heavy atom. The molecule has 0 aliphatic heterocycles. The van der Waals surface area contributed by atoms with Crippen LogP contribution < -0.4 is 11.2 Å². The standard InChI is InChI=1S/C21H20N4O3S/c26-19-6-8-25(21(27)23-19)17-10-16(13-28-12-15-4-2-1-3-5-15)18(11-17)20(29)24-9-7-22-14-24/h1-10,14,17-18H,11-13H2,(H,23,26,27)/t17-,18+/m0/s1. The van der Waals surface area contributed by atoms with Gasteiger partial charge < -0.3 is 4.74 Å². The van der Waals surface area contributed by atoms with Crippen LogP contribution in [0.3, 0.4) is 0 Å². The van der Waals surface area contributed by atoms with Crippen LogP contribution in [0.2, 0.25) is 0 Å². The van der Waals surface area contributed by atoms with Crippen LogP contribution in [0, 0.1) is 5.92 Å². The van der Waals surface area contributed by atoms with Crippen molar-refractivity contribution < 1.29 is 4.74 Å². The number of aromatic nitrogens is 4. The van der Waals surface area contributed by atoms with Gasteiger partial charge in [0.05, 0.1) is 30.6 Å². The maximum Gasteiger partial charge on any atom is 0.328 e. The molecule has 2 atom stereocenters. The van der Waals surface area contributed by atoms with Crippen molar-refractivity contribution in [2.45, 2.75) is 19.1 Å². The Morgan fingerprint density at radius 1 is 1.17 bits per heavy atom. The van der Waals surface area contributed by atoms with Gasteiger partial charge in [0.15, 0.2) is 0 Å². The molecule has 148 valence electrons. The molecule has 0 saturated carbocycles. The second-order valence-corrected chi connectivity index (χ2v) is 7.32. The number of aromatic amines is 1. The second kappa shape index (κ2) is 8.50. The number of benzene rings is 1. The van der Waals surface area contributed by atoms with E-state index >= 15 is 0 Å². The van der Waals surface area contributed by atoms with Crippen molar-refractivity contribution in [1.82, 2.24) is 19.1 Å². The predicted octanol–water partition coefficient (Wildman–Crippen LogP) is 2.31. The van der Waals surface area contributed by atoms with Gasteiger partial charge in [-0.15, -0.1) is 0 Å². The van der Waals surface area contributed by atoms with E-state index in [2.05, 4.69) is 9.97 Å². The van der Waals surface area contributed by atoms with Crippen LogP contribution in [0.1, 0.15) is 18.0 Å². The molecule has 7 nitrogen and oxygen atoms in total. The normalized spacial score (nSPS) is 18.6. The van der Waals surface area contributed by atoms with E-state index in [0.29, 0.717) is 24.6 Å². The molecule has 1 aliphatic carbocycles. The fourth-order valence-electron chi connectivity index (χ4n) is 3.55. The first-order chi connectivity index (χ1) is 14.1. The Bertz CT molecular complexity index is 1130. The fourth-order valence-corrected chi connectivity index (χ4v) is 3.90. The molecule has 1 aliphatic rings. The average molecular weight is 408 g/mol. The highest BCUT2D eigenvalue weighted by Crippen LogP contribution is 2.34. The Morgan fingerprint density at radius 2 is 2.00 bits per heavy atom. The first-order valence-corrected chi connectivity index (χ1v) is 9.68. The molecule has 0 bridgehead atoms. The third kappa shape index (κ3) is 4.33. The molecular weight excluding hydrogens is 388 g/mol. The van der Waals surface area contributed by atoms with Crippen LogP contribution in [0.5, 0.6) is 0 Å². The summed E-state index contributed by atoms with van der Waals surface area (Å²) in [6.45, 7) is 0.898. The molecule has 0 radical (unpaired) electrons. The molecule has 3 aromatic rings. The molecule has 4 rings (SSSR count). The van der Waals surface area contributed by atoms with Crippen molar-refractivity contribution in [3.63, 3.8) is 0 Å². The van der Waals surface area contributed by atoms with Gasteiger partial charge in [0, 0.05) is 30.6 Å². The number of hydrogen-bond donors (Lipinski definition) is 1. The van der Waals surface area contributed by atoms with Crippen molar-refractivity contribution in [1.29, 1.82) is 0 Å². The molecule has 0 saturated heterocycles. The number of imidazole rings is 1. The molecule has 0 spiro atoms. The minimum absolute atomic E-state index is 0.0706. The van der Waals surface area contributed by atoms with E-state index in [1.807, 2.05) is 47.2 Å². The Balaban J connectivity index is 1.56. The van der Waals surface area contributed by atoms with Crippen molar-refractivity contribution >= 4 is 17.2 Å². The van der Waals surface area contributed by atoms with E-state index in [1.54, 1.807) is 12.5 Å². The third-order valence-electron chi connectivity index (χ3n) is 4.98. The zero-order valence-corrected chi connectivity index (χ0v) is 16.4. The number of nitrogens with one attached hydrogen (secondary N) is 1. The Kier molecular flexibility index (Phi) is 5.64. The molecular formula is C21H20N4O3S. The van der Waals surface area contributed by atoms with Gasteiger partial charge in [0.25, 0.3) is 5.56 Å². The van der Waals surface area contributed by atoms with E-state index in [0.717, 1.165) is 11.1 Å². The van der Waals surface area contributed by atoms with Gasteiger partial charge in [0.2, 0.25) is 0 Å². The van der Waals surface area contributed by atoms with Crippen LogP contribution in [0.25, 0.3) is 0 Å². The van der Waals surface area contributed by atoms with Crippen LogP contribution in [-0.4, -0.2) is 30.7 Å². The smallest absolute Gasteiger partial charge is 0.328 e. The molecule has 1 aromatic carbocycles. The maximum absolute atomic E-state index is 12.2. The number of nitrogens with zero attached hydrogens (tertiary/aromatic N) is 3. The first-order valence-electron chi connectivity index (χ1n) is 9.28. The van der Waals surface area contributed by atoms with Gasteiger partial charge in [-0.1, -0.05) is 48.6 Å². The molecule has 2 aromatic heterocycles. The lowest BCUT2D eigenvalue weighted by Crippen LogP contribution is -2.31. The Hall–Kier alpha value is -3.10. The van der Waals surface area contributed by atoms with E-state index in [-0.39, 0.29) is 12.0 Å². The quantitative estimate of drug-likeness (QED) is 0.500. The third-order valence-corrected chi connectivity index (χ3v) is 5.47. The van der Waals surface area contributed by atoms with Gasteiger partial charge in [-0.2, -0.15) is 0 Å². The lowest BCUT2D eigenvalue weighted by molar-refractivity contribution is 0.139. The van der Waals surface area contributed by atoms with Crippen LogP contribution in [0.4, 0.5) is 0 Å². The predicted molar refractivity (Wildman–Crippen MR) is 113 cm³/mol. The molecule has 2 heterocycles. The zero-order chi connectivity index (χ0) is 20.2. The summed E-state index contributed by atoms with van der Waals surface area (Å²) in [5.41, 5.74) is 1.26. The minimum Gasteiger partial charge on any atom is -0.372 e. The number of ether oxygens (including phenoxy) is 1. The highest BCUT2D eigenvalue weighted by atomic mass is 32.1. The van der Waals surface area contributed by atoms with Crippen LogP contribution in [0.15, 0.2) is 82.6 Å². The van der Waals surface area contributed by atoms with Gasteiger partial charge in [0.1, 0.15) is 0 Å². The van der Waals surface area contributed by atoms with Crippen molar-refractivity contribution in [3.05, 3.63) is 99.4 Å². The zero-order valence-electron chi connectivity index (χ0n) is 15.6. The lowest BCUT2D eigenvalue weighted by Gasteiger charge is -2.18. The molecule has 8 heteroatoms. The van der Waals surface area contributed by atoms with Crippen LogP contribution in [-0.2, 0) is 11.3 Å². The average Bonchev–Trinajstić information content (AvgIpc) is 3.39. The number of hydrogen-bond acceptors (Lipinski definition) is 5.